The SMILES string of the molecule is CCCC1=C/C(=C\c2cccc3ccccc23)c2ccccc21. The molecule has 23 heavy (non-hydrogen) atoms. The smallest absolute Gasteiger partial charge is 0.0108 e. The fourth-order valence-corrected chi connectivity index (χ4v) is 3.50. The fourth-order valence-electron chi connectivity index (χ4n) is 3.50. The molecule has 3 aromatic carbocycles. The first-order chi connectivity index (χ1) is 11.4. The maximum atomic E-state index is 2.37. The summed E-state index contributed by atoms with van der Waals surface area (Å²) in [6.07, 6.45) is 7.03. The molecule has 4 rings (SSSR count). The van der Waals surface area contributed by atoms with Gasteiger partial charge >= 0.3 is 0 Å². The van der Waals surface area contributed by atoms with E-state index in [1.54, 1.807) is 0 Å². The number of rotatable bonds is 3. The molecule has 0 heteroatoms. The summed E-state index contributed by atoms with van der Waals surface area (Å²) in [7, 11) is 0. The average molecular weight is 296 g/mol. The third-order valence-electron chi connectivity index (χ3n) is 4.57. The zero-order valence-electron chi connectivity index (χ0n) is 13.4. The average Bonchev–Trinajstić information content (AvgIpc) is 2.94. The lowest BCUT2D eigenvalue weighted by molar-refractivity contribution is 0.975. The molecular weight excluding hydrogens is 276 g/mol. The lowest BCUT2D eigenvalue weighted by atomic mass is 9.99. The van der Waals surface area contributed by atoms with Crippen LogP contribution in [0.4, 0.5) is 0 Å². The zero-order valence-corrected chi connectivity index (χ0v) is 13.4. The summed E-state index contributed by atoms with van der Waals surface area (Å²) in [5.74, 6) is 0. The van der Waals surface area contributed by atoms with Crippen LogP contribution in [-0.4, -0.2) is 0 Å². The molecule has 1 aliphatic carbocycles. The van der Waals surface area contributed by atoms with E-state index in [-0.39, 0.29) is 0 Å². The van der Waals surface area contributed by atoms with Gasteiger partial charge in [0.15, 0.2) is 0 Å². The van der Waals surface area contributed by atoms with E-state index in [9.17, 15) is 0 Å². The predicted octanol–water partition coefficient (Wildman–Crippen LogP) is 6.58. The van der Waals surface area contributed by atoms with E-state index in [1.165, 1.54) is 45.0 Å². The van der Waals surface area contributed by atoms with Crippen LogP contribution >= 0.6 is 0 Å². The van der Waals surface area contributed by atoms with Gasteiger partial charge in [-0.1, -0.05) is 86.2 Å². The summed E-state index contributed by atoms with van der Waals surface area (Å²) >= 11 is 0. The van der Waals surface area contributed by atoms with Crippen LogP contribution in [0.1, 0.15) is 36.5 Å². The van der Waals surface area contributed by atoms with Crippen molar-refractivity contribution in [1.82, 2.24) is 0 Å². The van der Waals surface area contributed by atoms with Crippen molar-refractivity contribution >= 4 is 28.0 Å². The van der Waals surface area contributed by atoms with Gasteiger partial charge in [-0.05, 0) is 51.1 Å². The van der Waals surface area contributed by atoms with E-state index in [0.29, 0.717) is 0 Å². The molecule has 0 N–H and O–H groups in total. The Morgan fingerprint density at radius 2 is 1.52 bits per heavy atom. The Labute approximate surface area is 137 Å². The Bertz CT molecular complexity index is 920. The number of fused-ring (bicyclic) bond motifs is 2. The largest absolute Gasteiger partial charge is 0.0651 e. The number of allylic oxidation sites excluding steroid dienone is 3. The quantitative estimate of drug-likeness (QED) is 0.512. The number of hydrogen-bond acceptors (Lipinski definition) is 0. The van der Waals surface area contributed by atoms with Crippen molar-refractivity contribution in [3.8, 4) is 0 Å². The standard InChI is InChI=1S/C23H20/c1-2-8-18-15-20(23-14-6-5-13-22(18)23)16-19-11-7-10-17-9-3-4-12-21(17)19/h3-7,9-16H,2,8H2,1H3/b20-16+. The molecule has 0 atom stereocenters. The van der Waals surface area contributed by atoms with Crippen LogP contribution in [0.3, 0.4) is 0 Å². The molecule has 0 nitrogen and oxygen atoms in total. The minimum Gasteiger partial charge on any atom is -0.0651 e. The fraction of sp³-hybridized carbons (Fsp3) is 0.130. The van der Waals surface area contributed by atoms with Gasteiger partial charge in [0.25, 0.3) is 0 Å². The van der Waals surface area contributed by atoms with Crippen LogP contribution in [-0.2, 0) is 0 Å². The van der Waals surface area contributed by atoms with E-state index in [1.807, 2.05) is 0 Å². The molecule has 0 saturated heterocycles. The molecule has 0 radical (unpaired) electrons. The Balaban J connectivity index is 1.88. The first-order valence-electron chi connectivity index (χ1n) is 8.36. The summed E-state index contributed by atoms with van der Waals surface area (Å²) < 4.78 is 0. The minimum atomic E-state index is 1.14. The predicted molar refractivity (Wildman–Crippen MR) is 101 cm³/mol. The molecule has 112 valence electrons. The highest BCUT2D eigenvalue weighted by molar-refractivity contribution is 6.04. The van der Waals surface area contributed by atoms with E-state index < -0.39 is 0 Å². The molecule has 0 heterocycles. The Kier molecular flexibility index (Phi) is 3.59. The van der Waals surface area contributed by atoms with Crippen molar-refractivity contribution in [3.63, 3.8) is 0 Å². The Morgan fingerprint density at radius 3 is 2.39 bits per heavy atom. The molecule has 3 aromatic rings. The van der Waals surface area contributed by atoms with Gasteiger partial charge in [0, 0.05) is 0 Å². The van der Waals surface area contributed by atoms with Gasteiger partial charge in [0.2, 0.25) is 0 Å². The second-order valence-electron chi connectivity index (χ2n) is 6.13. The molecule has 0 saturated carbocycles. The van der Waals surface area contributed by atoms with Gasteiger partial charge in [-0.15, -0.1) is 0 Å². The van der Waals surface area contributed by atoms with Crippen molar-refractivity contribution in [2.45, 2.75) is 19.8 Å². The number of hydrogen-bond donors (Lipinski definition) is 0. The highest BCUT2D eigenvalue weighted by Gasteiger charge is 2.17. The lowest BCUT2D eigenvalue weighted by Gasteiger charge is -2.05. The van der Waals surface area contributed by atoms with Crippen LogP contribution in [0.25, 0.3) is 28.0 Å². The van der Waals surface area contributed by atoms with Crippen molar-refractivity contribution in [2.24, 2.45) is 0 Å². The summed E-state index contributed by atoms with van der Waals surface area (Å²) in [5.41, 5.74) is 6.86. The summed E-state index contributed by atoms with van der Waals surface area (Å²) in [6.45, 7) is 2.25. The zero-order chi connectivity index (χ0) is 15.6. The van der Waals surface area contributed by atoms with E-state index in [0.717, 1.165) is 6.42 Å². The molecule has 0 bridgehead atoms. The third kappa shape index (κ3) is 2.51. The lowest BCUT2D eigenvalue weighted by Crippen LogP contribution is -1.84. The van der Waals surface area contributed by atoms with Crippen molar-refractivity contribution < 1.29 is 0 Å². The summed E-state index contributed by atoms with van der Waals surface area (Å²) in [6, 6.07) is 23.9. The van der Waals surface area contributed by atoms with Crippen molar-refractivity contribution in [3.05, 3.63) is 89.5 Å². The molecule has 0 aliphatic heterocycles. The van der Waals surface area contributed by atoms with Gasteiger partial charge in [-0.3, -0.25) is 0 Å². The van der Waals surface area contributed by atoms with Gasteiger partial charge in [0.05, 0.1) is 0 Å². The first kappa shape index (κ1) is 14.0. The van der Waals surface area contributed by atoms with Gasteiger partial charge in [0.1, 0.15) is 0 Å². The minimum absolute atomic E-state index is 1.14. The van der Waals surface area contributed by atoms with E-state index >= 15 is 0 Å². The van der Waals surface area contributed by atoms with Gasteiger partial charge in [-0.2, -0.15) is 0 Å². The second-order valence-corrected chi connectivity index (χ2v) is 6.13. The van der Waals surface area contributed by atoms with Crippen LogP contribution in [0, 0.1) is 0 Å². The third-order valence-corrected chi connectivity index (χ3v) is 4.57. The first-order valence-corrected chi connectivity index (χ1v) is 8.36. The van der Waals surface area contributed by atoms with Crippen LogP contribution in [0.15, 0.2) is 72.8 Å². The molecule has 0 amide bonds. The summed E-state index contributed by atoms with van der Waals surface area (Å²) in [5, 5.41) is 2.61. The van der Waals surface area contributed by atoms with E-state index in [4.69, 9.17) is 0 Å². The van der Waals surface area contributed by atoms with Gasteiger partial charge < -0.3 is 0 Å². The van der Waals surface area contributed by atoms with Crippen molar-refractivity contribution in [2.75, 3.05) is 0 Å². The van der Waals surface area contributed by atoms with Crippen LogP contribution in [0.2, 0.25) is 0 Å². The maximum Gasteiger partial charge on any atom is -0.0108 e. The number of benzene rings is 3. The summed E-state index contributed by atoms with van der Waals surface area (Å²) in [4.78, 5) is 0. The second kappa shape index (κ2) is 5.89. The van der Waals surface area contributed by atoms with Crippen LogP contribution < -0.4 is 0 Å². The molecule has 0 aromatic heterocycles. The van der Waals surface area contributed by atoms with Gasteiger partial charge in [-0.25, -0.2) is 0 Å². The Morgan fingerprint density at radius 1 is 0.783 bits per heavy atom. The molecular formula is C23H20. The monoisotopic (exact) mass is 296 g/mol. The van der Waals surface area contributed by atoms with E-state index in [2.05, 4.69) is 85.8 Å². The topological polar surface area (TPSA) is 0 Å². The van der Waals surface area contributed by atoms with Crippen molar-refractivity contribution in [1.29, 1.82) is 0 Å². The molecule has 0 spiro atoms. The highest BCUT2D eigenvalue weighted by atomic mass is 14.2. The molecule has 1 aliphatic rings. The normalized spacial score (nSPS) is 15.0. The molecule has 0 fully saturated rings. The maximum absolute atomic E-state index is 2.37. The van der Waals surface area contributed by atoms with Crippen LogP contribution in [0.5, 0.6) is 0 Å². The Hall–Kier alpha value is -2.60. The molecule has 0 unspecified atom stereocenters. The highest BCUT2D eigenvalue weighted by Crippen LogP contribution is 2.38.